The average molecular weight is 229 g/mol. The van der Waals surface area contributed by atoms with E-state index < -0.39 is 0 Å². The largest absolute Gasteiger partial charge is 0.372 e. The van der Waals surface area contributed by atoms with Gasteiger partial charge in [-0.05, 0) is 24.1 Å². The third kappa shape index (κ3) is 2.09. The van der Waals surface area contributed by atoms with Gasteiger partial charge in [-0.3, -0.25) is 4.79 Å². The summed E-state index contributed by atoms with van der Waals surface area (Å²) in [4.78, 5) is 11.9. The molecule has 17 heavy (non-hydrogen) atoms. The van der Waals surface area contributed by atoms with Crippen LogP contribution in [0, 0.1) is 17.2 Å². The topological polar surface area (TPSA) is 64.9 Å². The van der Waals surface area contributed by atoms with Gasteiger partial charge in [-0.1, -0.05) is 20.3 Å². The first-order valence-electron chi connectivity index (χ1n) is 5.77. The van der Waals surface area contributed by atoms with E-state index in [2.05, 4.69) is 23.6 Å². The van der Waals surface area contributed by atoms with Crippen LogP contribution in [-0.2, 0) is 4.79 Å². The average Bonchev–Trinajstić information content (AvgIpc) is 2.36. The summed E-state index contributed by atoms with van der Waals surface area (Å²) in [6.07, 6.45) is 0.929. The number of anilines is 2. The second-order valence-electron chi connectivity index (χ2n) is 4.37. The van der Waals surface area contributed by atoms with Crippen molar-refractivity contribution in [3.63, 3.8) is 0 Å². The molecule has 0 spiro atoms. The van der Waals surface area contributed by atoms with E-state index in [-0.39, 0.29) is 17.9 Å². The van der Waals surface area contributed by atoms with Crippen LogP contribution in [0.3, 0.4) is 0 Å². The van der Waals surface area contributed by atoms with Crippen molar-refractivity contribution in [2.75, 3.05) is 10.6 Å². The van der Waals surface area contributed by atoms with Crippen LogP contribution < -0.4 is 10.6 Å². The molecule has 1 aliphatic heterocycles. The minimum Gasteiger partial charge on any atom is -0.372 e. The maximum Gasteiger partial charge on any atom is 0.247 e. The first-order valence-corrected chi connectivity index (χ1v) is 5.77. The summed E-state index contributed by atoms with van der Waals surface area (Å²) in [6, 6.07) is 7.10. The Bertz CT molecular complexity index is 490. The molecule has 1 aromatic rings. The summed E-state index contributed by atoms with van der Waals surface area (Å²) < 4.78 is 0. The number of hydrogen-bond donors (Lipinski definition) is 2. The Morgan fingerprint density at radius 2 is 2.24 bits per heavy atom. The van der Waals surface area contributed by atoms with Gasteiger partial charge in [-0.15, -0.1) is 0 Å². The molecule has 88 valence electrons. The summed E-state index contributed by atoms with van der Waals surface area (Å²) in [5.74, 6) is 0.255. The lowest BCUT2D eigenvalue weighted by molar-refractivity contribution is -0.118. The SMILES string of the molecule is CCC(C)C1Nc2cc(C#N)ccc2NC1=O. The molecule has 1 heterocycles. The molecule has 2 N–H and O–H groups in total. The number of rotatable bonds is 2. The van der Waals surface area contributed by atoms with E-state index in [0.717, 1.165) is 17.8 Å². The maximum absolute atomic E-state index is 11.9. The number of nitriles is 1. The van der Waals surface area contributed by atoms with Crippen LogP contribution in [0.15, 0.2) is 18.2 Å². The molecule has 0 radical (unpaired) electrons. The zero-order valence-corrected chi connectivity index (χ0v) is 9.95. The number of hydrogen-bond acceptors (Lipinski definition) is 3. The smallest absolute Gasteiger partial charge is 0.247 e. The number of nitrogens with one attached hydrogen (secondary N) is 2. The van der Waals surface area contributed by atoms with E-state index in [0.29, 0.717) is 5.56 Å². The highest BCUT2D eigenvalue weighted by Gasteiger charge is 2.29. The quantitative estimate of drug-likeness (QED) is 0.818. The van der Waals surface area contributed by atoms with Gasteiger partial charge in [0.15, 0.2) is 0 Å². The van der Waals surface area contributed by atoms with E-state index in [4.69, 9.17) is 5.26 Å². The molecule has 1 aliphatic rings. The first kappa shape index (κ1) is 11.5. The molecule has 4 nitrogen and oxygen atoms in total. The minimum absolute atomic E-state index is 0.00319. The van der Waals surface area contributed by atoms with Crippen molar-refractivity contribution in [3.05, 3.63) is 23.8 Å². The van der Waals surface area contributed by atoms with Gasteiger partial charge in [-0.25, -0.2) is 0 Å². The molecule has 0 saturated heterocycles. The zero-order valence-electron chi connectivity index (χ0n) is 9.95. The molecule has 1 amide bonds. The molecule has 2 unspecified atom stereocenters. The monoisotopic (exact) mass is 229 g/mol. The van der Waals surface area contributed by atoms with Gasteiger partial charge in [0.25, 0.3) is 0 Å². The van der Waals surface area contributed by atoms with Gasteiger partial charge in [0.1, 0.15) is 6.04 Å². The third-order valence-corrected chi connectivity index (χ3v) is 3.21. The van der Waals surface area contributed by atoms with Crippen LogP contribution >= 0.6 is 0 Å². The molecule has 2 rings (SSSR count). The summed E-state index contributed by atoms with van der Waals surface area (Å²) in [5.41, 5.74) is 2.16. The first-order chi connectivity index (χ1) is 8.15. The molecular weight excluding hydrogens is 214 g/mol. The summed E-state index contributed by atoms with van der Waals surface area (Å²) in [5, 5.41) is 14.9. The Balaban J connectivity index is 2.32. The van der Waals surface area contributed by atoms with Crippen LogP contribution in [0.1, 0.15) is 25.8 Å². The molecule has 0 fully saturated rings. The number of amides is 1. The fourth-order valence-electron chi connectivity index (χ4n) is 1.92. The lowest BCUT2D eigenvalue weighted by Gasteiger charge is -2.30. The van der Waals surface area contributed by atoms with Crippen molar-refractivity contribution >= 4 is 17.3 Å². The van der Waals surface area contributed by atoms with Gasteiger partial charge < -0.3 is 10.6 Å². The molecule has 1 aromatic carbocycles. The molecule has 0 saturated carbocycles. The summed E-state index contributed by atoms with van der Waals surface area (Å²) in [6.45, 7) is 4.09. The van der Waals surface area contributed by atoms with E-state index in [1.165, 1.54) is 0 Å². The number of benzene rings is 1. The molecule has 0 aromatic heterocycles. The van der Waals surface area contributed by atoms with Gasteiger partial charge in [0, 0.05) is 0 Å². The highest BCUT2D eigenvalue weighted by atomic mass is 16.2. The van der Waals surface area contributed by atoms with E-state index in [1.54, 1.807) is 18.2 Å². The highest BCUT2D eigenvalue weighted by Crippen LogP contribution is 2.30. The predicted octanol–water partition coefficient (Wildman–Crippen LogP) is 2.34. The number of carbonyl (C=O) groups excluding carboxylic acids is 1. The van der Waals surface area contributed by atoms with Crippen molar-refractivity contribution in [3.8, 4) is 6.07 Å². The Morgan fingerprint density at radius 1 is 1.47 bits per heavy atom. The van der Waals surface area contributed by atoms with Crippen LogP contribution in [0.4, 0.5) is 11.4 Å². The van der Waals surface area contributed by atoms with E-state index in [9.17, 15) is 4.79 Å². The van der Waals surface area contributed by atoms with Crippen molar-refractivity contribution in [1.82, 2.24) is 0 Å². The van der Waals surface area contributed by atoms with Crippen LogP contribution in [0.25, 0.3) is 0 Å². The fourth-order valence-corrected chi connectivity index (χ4v) is 1.92. The van der Waals surface area contributed by atoms with Crippen LogP contribution in [0.2, 0.25) is 0 Å². The Labute approximate surface area is 101 Å². The Hall–Kier alpha value is -2.02. The summed E-state index contributed by atoms with van der Waals surface area (Å²) >= 11 is 0. The fraction of sp³-hybridized carbons (Fsp3) is 0.385. The Kier molecular flexibility index (Phi) is 3.01. The lowest BCUT2D eigenvalue weighted by Crippen LogP contribution is -2.43. The molecule has 0 bridgehead atoms. The van der Waals surface area contributed by atoms with Crippen molar-refractivity contribution in [1.29, 1.82) is 5.26 Å². The van der Waals surface area contributed by atoms with Crippen molar-refractivity contribution in [2.24, 2.45) is 5.92 Å². The number of carbonyl (C=O) groups is 1. The van der Waals surface area contributed by atoms with Gasteiger partial charge in [0.05, 0.1) is 23.0 Å². The van der Waals surface area contributed by atoms with E-state index >= 15 is 0 Å². The maximum atomic E-state index is 11.9. The highest BCUT2D eigenvalue weighted by molar-refractivity contribution is 6.03. The number of nitrogens with zero attached hydrogens (tertiary/aromatic N) is 1. The zero-order chi connectivity index (χ0) is 12.4. The normalized spacial score (nSPS) is 19.6. The minimum atomic E-state index is -0.221. The lowest BCUT2D eigenvalue weighted by atomic mass is 9.96. The molecular formula is C13H15N3O. The third-order valence-electron chi connectivity index (χ3n) is 3.21. The van der Waals surface area contributed by atoms with E-state index in [1.807, 2.05) is 6.92 Å². The standard InChI is InChI=1S/C13H15N3O/c1-3-8(2)12-13(17)16-10-5-4-9(7-14)6-11(10)15-12/h4-6,8,12,15H,3H2,1-2H3,(H,16,17). The molecule has 2 atom stereocenters. The van der Waals surface area contributed by atoms with Crippen LogP contribution in [0.5, 0.6) is 0 Å². The van der Waals surface area contributed by atoms with Crippen molar-refractivity contribution in [2.45, 2.75) is 26.3 Å². The molecule has 0 aliphatic carbocycles. The second kappa shape index (κ2) is 4.46. The molecule has 4 heteroatoms. The van der Waals surface area contributed by atoms with Gasteiger partial charge in [-0.2, -0.15) is 5.26 Å². The summed E-state index contributed by atoms with van der Waals surface area (Å²) in [7, 11) is 0. The van der Waals surface area contributed by atoms with Gasteiger partial charge >= 0.3 is 0 Å². The second-order valence-corrected chi connectivity index (χ2v) is 4.37. The number of fused-ring (bicyclic) bond motifs is 1. The predicted molar refractivity (Wildman–Crippen MR) is 66.7 cm³/mol. The van der Waals surface area contributed by atoms with Crippen LogP contribution in [-0.4, -0.2) is 11.9 Å². The Morgan fingerprint density at radius 3 is 2.88 bits per heavy atom. The van der Waals surface area contributed by atoms with Gasteiger partial charge in [0.2, 0.25) is 5.91 Å². The van der Waals surface area contributed by atoms with Crippen molar-refractivity contribution < 1.29 is 4.79 Å².